The molecule has 0 aliphatic rings. The highest BCUT2D eigenvalue weighted by atomic mass is 16.3. The number of furan rings is 1. The van der Waals surface area contributed by atoms with Gasteiger partial charge in [-0.3, -0.25) is 0 Å². The van der Waals surface area contributed by atoms with Crippen molar-refractivity contribution < 1.29 is 8.83 Å². The van der Waals surface area contributed by atoms with E-state index in [1.807, 2.05) is 36.4 Å². The van der Waals surface area contributed by atoms with Crippen LogP contribution in [0.1, 0.15) is 0 Å². The molecule has 0 N–H and O–H groups in total. The average molecular weight is 705 g/mol. The number of hydrogen-bond acceptors (Lipinski definition) is 4. The highest BCUT2D eigenvalue weighted by Crippen LogP contribution is 2.45. The Morgan fingerprint density at radius 2 is 1.00 bits per heavy atom. The van der Waals surface area contributed by atoms with E-state index < -0.39 is 0 Å². The lowest BCUT2D eigenvalue weighted by Crippen LogP contribution is -2.09. The SMILES string of the molecule is c1ccc(-c2ccc(N(c3ccc4ccccc4c3)c3ccc4oc5c6ccccc6cc(-c6ccc7oc(-c8ccccc8)nc7c6)c5c4c3)cc2)cc1. The number of oxazole rings is 1. The van der Waals surface area contributed by atoms with Gasteiger partial charge in [0.2, 0.25) is 5.89 Å². The highest BCUT2D eigenvalue weighted by molar-refractivity contribution is 6.22. The maximum Gasteiger partial charge on any atom is 0.227 e. The van der Waals surface area contributed by atoms with Crippen molar-refractivity contribution in [1.29, 1.82) is 0 Å². The van der Waals surface area contributed by atoms with E-state index in [0.29, 0.717) is 5.89 Å². The molecule has 0 saturated carbocycles. The average Bonchev–Trinajstić information content (AvgIpc) is 3.86. The normalized spacial score (nSPS) is 11.6. The molecule has 0 atom stereocenters. The Balaban J connectivity index is 1.12. The molecule has 0 unspecified atom stereocenters. The van der Waals surface area contributed by atoms with Crippen LogP contribution in [0.15, 0.2) is 203 Å². The second kappa shape index (κ2) is 12.6. The zero-order valence-electron chi connectivity index (χ0n) is 29.7. The van der Waals surface area contributed by atoms with Crippen LogP contribution in [0, 0.1) is 0 Å². The largest absolute Gasteiger partial charge is 0.455 e. The lowest BCUT2D eigenvalue weighted by Gasteiger charge is -2.26. The van der Waals surface area contributed by atoms with Crippen molar-refractivity contribution in [3.63, 3.8) is 0 Å². The Hall–Kier alpha value is -7.43. The fraction of sp³-hybridized carbons (Fsp3) is 0. The first-order valence-corrected chi connectivity index (χ1v) is 18.5. The molecule has 0 fully saturated rings. The first kappa shape index (κ1) is 31.1. The number of hydrogen-bond donors (Lipinski definition) is 0. The van der Waals surface area contributed by atoms with E-state index in [1.165, 1.54) is 21.9 Å². The number of anilines is 3. The van der Waals surface area contributed by atoms with Gasteiger partial charge in [0.25, 0.3) is 0 Å². The fourth-order valence-corrected chi connectivity index (χ4v) is 7.96. The Bertz CT molecular complexity index is 3200. The van der Waals surface area contributed by atoms with Crippen molar-refractivity contribution >= 4 is 71.6 Å². The van der Waals surface area contributed by atoms with E-state index in [-0.39, 0.29) is 0 Å². The first-order chi connectivity index (χ1) is 27.2. The van der Waals surface area contributed by atoms with Gasteiger partial charge in [-0.2, -0.15) is 0 Å². The van der Waals surface area contributed by atoms with Crippen LogP contribution in [0.4, 0.5) is 17.1 Å². The minimum absolute atomic E-state index is 0.611. The van der Waals surface area contributed by atoms with Gasteiger partial charge < -0.3 is 13.7 Å². The molecule has 11 rings (SSSR count). The molecular formula is C51H32N2O2. The molecule has 0 aliphatic carbocycles. The summed E-state index contributed by atoms with van der Waals surface area (Å²) < 4.78 is 13.0. The second-order valence-electron chi connectivity index (χ2n) is 14.0. The summed E-state index contributed by atoms with van der Waals surface area (Å²) in [6.07, 6.45) is 0. The van der Waals surface area contributed by atoms with E-state index in [2.05, 4.69) is 163 Å². The molecule has 55 heavy (non-hydrogen) atoms. The third kappa shape index (κ3) is 5.34. The van der Waals surface area contributed by atoms with Crippen molar-refractivity contribution in [3.05, 3.63) is 194 Å². The van der Waals surface area contributed by atoms with Gasteiger partial charge in [0.1, 0.15) is 16.7 Å². The van der Waals surface area contributed by atoms with Crippen LogP contribution in [0.25, 0.3) is 88.3 Å². The number of benzene rings is 9. The van der Waals surface area contributed by atoms with Crippen molar-refractivity contribution in [2.45, 2.75) is 0 Å². The van der Waals surface area contributed by atoms with Crippen LogP contribution >= 0.6 is 0 Å². The minimum Gasteiger partial charge on any atom is -0.455 e. The van der Waals surface area contributed by atoms with Crippen LogP contribution in [-0.2, 0) is 0 Å². The van der Waals surface area contributed by atoms with E-state index in [9.17, 15) is 0 Å². The highest BCUT2D eigenvalue weighted by Gasteiger charge is 2.21. The molecule has 0 bridgehead atoms. The van der Waals surface area contributed by atoms with Crippen molar-refractivity contribution in [2.24, 2.45) is 0 Å². The molecular weight excluding hydrogens is 673 g/mol. The van der Waals surface area contributed by atoms with Gasteiger partial charge in [-0.15, -0.1) is 0 Å². The lowest BCUT2D eigenvalue weighted by atomic mass is 9.95. The third-order valence-corrected chi connectivity index (χ3v) is 10.6. The number of rotatable bonds is 6. The van der Waals surface area contributed by atoms with Crippen LogP contribution in [-0.4, -0.2) is 4.98 Å². The van der Waals surface area contributed by atoms with E-state index in [1.54, 1.807) is 0 Å². The molecule has 0 amide bonds. The summed E-state index contributed by atoms with van der Waals surface area (Å²) in [5, 5.41) is 6.71. The van der Waals surface area contributed by atoms with Crippen molar-refractivity contribution in [3.8, 4) is 33.7 Å². The molecule has 0 radical (unpaired) electrons. The molecule has 0 aliphatic heterocycles. The molecule has 0 spiro atoms. The number of aromatic nitrogens is 1. The monoisotopic (exact) mass is 704 g/mol. The van der Waals surface area contributed by atoms with Gasteiger partial charge in [0, 0.05) is 38.8 Å². The topological polar surface area (TPSA) is 42.4 Å². The second-order valence-corrected chi connectivity index (χ2v) is 14.0. The predicted octanol–water partition coefficient (Wildman–Crippen LogP) is 14.5. The van der Waals surface area contributed by atoms with Crippen LogP contribution in [0.3, 0.4) is 0 Å². The van der Waals surface area contributed by atoms with Gasteiger partial charge >= 0.3 is 0 Å². The van der Waals surface area contributed by atoms with Gasteiger partial charge in [-0.05, 0) is 111 Å². The molecule has 2 aromatic heterocycles. The lowest BCUT2D eigenvalue weighted by molar-refractivity contribution is 0.620. The van der Waals surface area contributed by atoms with Gasteiger partial charge in [-0.1, -0.05) is 121 Å². The standard InChI is InChI=1S/C51H32N2O2/c1-3-11-33(12-4-1)35-19-23-40(24-20-35)53(41-25-21-34-13-7-8-16-37(34)29-41)42-26-28-47-45(32-42)49-44(30-38-17-9-10-18-43(38)50(49)54-47)39-22-27-48-46(31-39)52-51(55-48)36-14-5-2-6-15-36/h1-32H. The molecule has 4 nitrogen and oxygen atoms in total. The summed E-state index contributed by atoms with van der Waals surface area (Å²) in [4.78, 5) is 7.26. The third-order valence-electron chi connectivity index (χ3n) is 10.6. The summed E-state index contributed by atoms with van der Waals surface area (Å²) >= 11 is 0. The number of nitrogens with zero attached hydrogens (tertiary/aromatic N) is 2. The summed E-state index contributed by atoms with van der Waals surface area (Å²) in [6.45, 7) is 0. The Morgan fingerprint density at radius 1 is 0.382 bits per heavy atom. The van der Waals surface area contributed by atoms with E-state index >= 15 is 0 Å². The van der Waals surface area contributed by atoms with Crippen LogP contribution in [0.2, 0.25) is 0 Å². The zero-order valence-corrected chi connectivity index (χ0v) is 29.7. The number of fused-ring (bicyclic) bond motifs is 7. The maximum atomic E-state index is 6.79. The minimum atomic E-state index is 0.611. The van der Waals surface area contributed by atoms with Gasteiger partial charge in [0.15, 0.2) is 5.58 Å². The Morgan fingerprint density at radius 3 is 1.82 bits per heavy atom. The van der Waals surface area contributed by atoms with Gasteiger partial charge in [-0.25, -0.2) is 4.98 Å². The van der Waals surface area contributed by atoms with Crippen molar-refractivity contribution in [1.82, 2.24) is 4.98 Å². The smallest absolute Gasteiger partial charge is 0.227 e. The van der Waals surface area contributed by atoms with Crippen molar-refractivity contribution in [2.75, 3.05) is 4.90 Å². The van der Waals surface area contributed by atoms with Crippen LogP contribution < -0.4 is 4.90 Å². The quantitative estimate of drug-likeness (QED) is 0.173. The summed E-state index contributed by atoms with van der Waals surface area (Å²) in [5.74, 6) is 0.611. The maximum absolute atomic E-state index is 6.79. The fourth-order valence-electron chi connectivity index (χ4n) is 7.96. The molecule has 2 heterocycles. The molecule has 4 heteroatoms. The first-order valence-electron chi connectivity index (χ1n) is 18.5. The molecule has 11 aromatic rings. The Kier molecular flexibility index (Phi) is 7.14. The van der Waals surface area contributed by atoms with Crippen LogP contribution in [0.5, 0.6) is 0 Å². The van der Waals surface area contributed by atoms with E-state index in [4.69, 9.17) is 13.8 Å². The summed E-state index contributed by atoms with van der Waals surface area (Å²) in [7, 11) is 0. The molecule has 0 saturated heterocycles. The predicted molar refractivity (Wildman–Crippen MR) is 227 cm³/mol. The Labute approximate surface area is 317 Å². The summed E-state index contributed by atoms with van der Waals surface area (Å²) in [6, 6.07) is 68.2. The summed E-state index contributed by atoms with van der Waals surface area (Å²) in [5.41, 5.74) is 11.9. The van der Waals surface area contributed by atoms with E-state index in [0.717, 1.165) is 77.6 Å². The molecule has 258 valence electrons. The molecule has 9 aromatic carbocycles. The van der Waals surface area contributed by atoms with Gasteiger partial charge in [0.05, 0.1) is 0 Å². The zero-order chi connectivity index (χ0) is 36.3.